The van der Waals surface area contributed by atoms with Crippen molar-refractivity contribution >= 4 is 32.5 Å². The minimum absolute atomic E-state index is 0.145. The third kappa shape index (κ3) is 4.40. The first-order valence-electron chi connectivity index (χ1n) is 10.4. The first-order valence-corrected chi connectivity index (χ1v) is 11.8. The summed E-state index contributed by atoms with van der Waals surface area (Å²) in [5.41, 5.74) is 2.17. The Bertz CT molecular complexity index is 1280. The zero-order valence-electron chi connectivity index (χ0n) is 17.3. The Balaban J connectivity index is 1.54. The Morgan fingerprint density at radius 2 is 1.97 bits per heavy atom. The number of rotatable bonds is 5. The number of piperidine rings is 1. The fourth-order valence-corrected chi connectivity index (χ4v) is 5.56. The maximum Gasteiger partial charge on any atom is 0.248 e. The summed E-state index contributed by atoms with van der Waals surface area (Å²) in [5, 5.41) is 3.62. The second kappa shape index (κ2) is 8.64. The lowest BCUT2D eigenvalue weighted by molar-refractivity contribution is -0.120. The number of nitrogens with zero attached hydrogens (tertiary/aromatic N) is 1. The second-order valence-electron chi connectivity index (χ2n) is 7.77. The Hall–Kier alpha value is -2.97. The molecule has 7 nitrogen and oxygen atoms in total. The molecule has 1 aromatic heterocycles. The zero-order chi connectivity index (χ0) is 22.0. The van der Waals surface area contributed by atoms with Crippen molar-refractivity contribution in [2.45, 2.75) is 31.1 Å². The fraction of sp³-hybridized carbons (Fsp3) is 0.304. The van der Waals surface area contributed by atoms with Crippen LogP contribution in [0, 0.1) is 5.92 Å². The lowest BCUT2D eigenvalue weighted by Gasteiger charge is -2.31. The summed E-state index contributed by atoms with van der Waals surface area (Å²) < 4.78 is 27.9. The summed E-state index contributed by atoms with van der Waals surface area (Å²) in [7, 11) is -3.75. The average molecular weight is 440 g/mol. The van der Waals surface area contributed by atoms with Crippen molar-refractivity contribution < 1.29 is 13.2 Å². The monoisotopic (exact) mass is 439 g/mol. The van der Waals surface area contributed by atoms with Crippen molar-refractivity contribution in [2.24, 2.45) is 5.92 Å². The lowest BCUT2D eigenvalue weighted by Crippen LogP contribution is -2.43. The summed E-state index contributed by atoms with van der Waals surface area (Å²) in [6.45, 7) is 2.55. The maximum atomic E-state index is 13.2. The average Bonchev–Trinajstić information content (AvgIpc) is 2.79. The Morgan fingerprint density at radius 3 is 2.77 bits per heavy atom. The molecule has 1 aliphatic heterocycles. The summed E-state index contributed by atoms with van der Waals surface area (Å²) in [6.07, 6.45) is 2.06. The Morgan fingerprint density at radius 1 is 1.16 bits per heavy atom. The Kier molecular flexibility index (Phi) is 5.93. The van der Waals surface area contributed by atoms with Crippen LogP contribution < -0.4 is 10.9 Å². The number of hydrogen-bond donors (Lipinski definition) is 2. The lowest BCUT2D eigenvalue weighted by atomic mass is 9.98. The number of para-hydroxylation sites is 1. The van der Waals surface area contributed by atoms with E-state index in [4.69, 9.17) is 0 Å². The number of carbonyl (C=O) groups is 1. The van der Waals surface area contributed by atoms with Gasteiger partial charge >= 0.3 is 0 Å². The van der Waals surface area contributed by atoms with Crippen LogP contribution in [0.25, 0.3) is 10.9 Å². The number of carbonyl (C=O) groups excluding carboxylic acids is 1. The Labute approximate surface area is 181 Å². The van der Waals surface area contributed by atoms with E-state index in [-0.39, 0.29) is 22.9 Å². The highest BCUT2D eigenvalue weighted by atomic mass is 32.2. The topological polar surface area (TPSA) is 99.3 Å². The van der Waals surface area contributed by atoms with Gasteiger partial charge in [0.25, 0.3) is 0 Å². The quantitative estimate of drug-likeness (QED) is 0.638. The number of aryl methyl sites for hydroxylation is 1. The molecule has 2 heterocycles. The molecule has 1 saturated heterocycles. The van der Waals surface area contributed by atoms with E-state index < -0.39 is 15.9 Å². The molecule has 1 amide bonds. The van der Waals surface area contributed by atoms with Gasteiger partial charge in [-0.15, -0.1) is 0 Å². The predicted octanol–water partition coefficient (Wildman–Crippen LogP) is 3.13. The van der Waals surface area contributed by atoms with E-state index in [1.807, 2.05) is 31.2 Å². The van der Waals surface area contributed by atoms with Gasteiger partial charge < -0.3 is 10.3 Å². The fourth-order valence-electron chi connectivity index (χ4n) is 4.00. The number of amides is 1. The van der Waals surface area contributed by atoms with E-state index in [0.717, 1.165) is 17.7 Å². The van der Waals surface area contributed by atoms with E-state index in [1.165, 1.54) is 16.4 Å². The van der Waals surface area contributed by atoms with E-state index in [9.17, 15) is 18.0 Å². The summed E-state index contributed by atoms with van der Waals surface area (Å²) in [4.78, 5) is 27.2. The van der Waals surface area contributed by atoms with Gasteiger partial charge in [0.1, 0.15) is 0 Å². The molecule has 0 saturated carbocycles. The van der Waals surface area contributed by atoms with Crippen LogP contribution in [0.1, 0.15) is 25.3 Å². The van der Waals surface area contributed by atoms with Crippen LogP contribution in [-0.4, -0.2) is 36.7 Å². The van der Waals surface area contributed by atoms with Crippen LogP contribution in [-0.2, 0) is 21.2 Å². The van der Waals surface area contributed by atoms with Gasteiger partial charge in [-0.25, -0.2) is 8.42 Å². The molecule has 2 N–H and O–H groups in total. The number of benzene rings is 2. The van der Waals surface area contributed by atoms with Gasteiger partial charge in [0.15, 0.2) is 0 Å². The van der Waals surface area contributed by atoms with E-state index in [0.29, 0.717) is 30.3 Å². The third-order valence-corrected chi connectivity index (χ3v) is 7.61. The van der Waals surface area contributed by atoms with Crippen LogP contribution in [0.3, 0.4) is 0 Å². The van der Waals surface area contributed by atoms with Gasteiger partial charge in [0.05, 0.1) is 10.8 Å². The highest BCUT2D eigenvalue weighted by Crippen LogP contribution is 2.27. The summed E-state index contributed by atoms with van der Waals surface area (Å²) in [6, 6.07) is 15.3. The van der Waals surface area contributed by atoms with E-state index >= 15 is 0 Å². The third-order valence-electron chi connectivity index (χ3n) is 5.74. The molecule has 1 fully saturated rings. The van der Waals surface area contributed by atoms with Gasteiger partial charge in [-0.05, 0) is 60.5 Å². The van der Waals surface area contributed by atoms with Gasteiger partial charge in [0, 0.05) is 30.4 Å². The largest absolute Gasteiger partial charge is 0.326 e. The molecule has 2 aromatic carbocycles. The molecule has 8 heteroatoms. The molecule has 1 aliphatic rings. The molecule has 4 rings (SSSR count). The molecule has 31 heavy (non-hydrogen) atoms. The molecular formula is C23H25N3O4S. The van der Waals surface area contributed by atoms with Gasteiger partial charge in [-0.1, -0.05) is 25.1 Å². The molecule has 0 aliphatic carbocycles. The van der Waals surface area contributed by atoms with Crippen LogP contribution in [0.15, 0.2) is 64.3 Å². The number of aromatic nitrogens is 1. The number of aromatic amines is 1. The molecule has 0 bridgehead atoms. The van der Waals surface area contributed by atoms with Gasteiger partial charge in [0.2, 0.25) is 21.5 Å². The van der Waals surface area contributed by atoms with E-state index in [1.54, 1.807) is 18.2 Å². The van der Waals surface area contributed by atoms with Crippen molar-refractivity contribution in [3.8, 4) is 0 Å². The predicted molar refractivity (Wildman–Crippen MR) is 121 cm³/mol. The molecule has 0 unspecified atom stereocenters. The number of sulfonamides is 1. The molecule has 162 valence electrons. The SMILES string of the molecule is CCc1ccccc1NC(=O)[C@H]1CCCN(S(=O)(=O)c2ccc3[nH]c(=O)ccc3c2)C1. The minimum atomic E-state index is -3.75. The second-order valence-corrected chi connectivity index (χ2v) is 9.71. The van der Waals surface area contributed by atoms with Crippen LogP contribution in [0.4, 0.5) is 5.69 Å². The first kappa shape index (κ1) is 21.3. The molecule has 0 spiro atoms. The smallest absolute Gasteiger partial charge is 0.248 e. The number of hydrogen-bond acceptors (Lipinski definition) is 4. The molecular weight excluding hydrogens is 414 g/mol. The molecule has 1 atom stereocenters. The van der Waals surface area contributed by atoms with Crippen LogP contribution in [0.2, 0.25) is 0 Å². The van der Waals surface area contributed by atoms with Gasteiger partial charge in [-0.3, -0.25) is 9.59 Å². The van der Waals surface area contributed by atoms with Crippen molar-refractivity contribution in [1.82, 2.24) is 9.29 Å². The van der Waals surface area contributed by atoms with Crippen LogP contribution in [0.5, 0.6) is 0 Å². The minimum Gasteiger partial charge on any atom is -0.326 e. The van der Waals surface area contributed by atoms with Crippen molar-refractivity contribution in [1.29, 1.82) is 0 Å². The van der Waals surface area contributed by atoms with Crippen molar-refractivity contribution in [3.63, 3.8) is 0 Å². The number of nitrogens with one attached hydrogen (secondary N) is 2. The maximum absolute atomic E-state index is 13.2. The van der Waals surface area contributed by atoms with E-state index in [2.05, 4.69) is 10.3 Å². The molecule has 0 radical (unpaired) electrons. The van der Waals surface area contributed by atoms with Crippen LogP contribution >= 0.6 is 0 Å². The van der Waals surface area contributed by atoms with Gasteiger partial charge in [-0.2, -0.15) is 4.31 Å². The summed E-state index contributed by atoms with van der Waals surface area (Å²) >= 11 is 0. The molecule has 3 aromatic rings. The number of anilines is 1. The standard InChI is InChI=1S/C23H25N3O4S/c1-2-16-6-3-4-8-20(16)25-23(28)18-7-5-13-26(15-18)31(29,30)19-10-11-21-17(14-19)9-12-22(27)24-21/h3-4,6,8-12,14,18H,2,5,7,13,15H2,1H3,(H,24,27)(H,25,28)/t18-/m0/s1. The number of H-pyrrole nitrogens is 1. The normalized spacial score (nSPS) is 17.5. The highest BCUT2D eigenvalue weighted by molar-refractivity contribution is 7.89. The highest BCUT2D eigenvalue weighted by Gasteiger charge is 2.33. The first-order chi connectivity index (χ1) is 14.9. The van der Waals surface area contributed by atoms with Crippen molar-refractivity contribution in [2.75, 3.05) is 18.4 Å². The number of fused-ring (bicyclic) bond motifs is 1. The summed E-state index contributed by atoms with van der Waals surface area (Å²) in [5.74, 6) is -0.567. The zero-order valence-corrected chi connectivity index (χ0v) is 18.1. The van der Waals surface area contributed by atoms with Crippen molar-refractivity contribution in [3.05, 3.63) is 70.5 Å². The number of pyridine rings is 1.